The Bertz CT molecular complexity index is 2710. The van der Waals surface area contributed by atoms with Crippen LogP contribution in [0.3, 0.4) is 0 Å². The molecule has 0 fully saturated rings. The van der Waals surface area contributed by atoms with E-state index in [-0.39, 0.29) is 0 Å². The first-order chi connectivity index (χ1) is 26.3. The summed E-state index contributed by atoms with van der Waals surface area (Å²) in [6.07, 6.45) is 0. The van der Waals surface area contributed by atoms with Crippen molar-refractivity contribution in [3.05, 3.63) is 216 Å². The van der Waals surface area contributed by atoms with Gasteiger partial charge in [0.05, 0.1) is 10.9 Å². The van der Waals surface area contributed by atoms with Crippen LogP contribution in [0.5, 0.6) is 0 Å². The van der Waals surface area contributed by atoms with Crippen LogP contribution in [0, 0.1) is 0 Å². The molecule has 2 aromatic heterocycles. The molecule has 7 aromatic carbocycles. The third-order valence-corrected chi connectivity index (χ3v) is 10.4. The van der Waals surface area contributed by atoms with Gasteiger partial charge >= 0.3 is 0 Å². The predicted octanol–water partition coefficient (Wildman–Crippen LogP) is 11.5. The Morgan fingerprint density at radius 3 is 1.43 bits per heavy atom. The number of pyridine rings is 1. The summed E-state index contributed by atoms with van der Waals surface area (Å²) in [6, 6.07) is 68.0. The van der Waals surface area contributed by atoms with Crippen LogP contribution >= 0.6 is 0 Å². The molecule has 0 saturated heterocycles. The molecule has 10 rings (SSSR count). The maximum Gasteiger partial charge on any atom is 0.183 e. The zero-order chi connectivity index (χ0) is 35.2. The quantitative estimate of drug-likeness (QED) is 0.176. The molecule has 4 nitrogen and oxygen atoms in total. The van der Waals surface area contributed by atoms with Gasteiger partial charge in [-0.1, -0.05) is 188 Å². The molecule has 1 aliphatic rings. The molecule has 0 saturated carbocycles. The van der Waals surface area contributed by atoms with E-state index in [2.05, 4.69) is 158 Å². The molecule has 0 atom stereocenters. The number of fused-ring (bicyclic) bond motifs is 5. The van der Waals surface area contributed by atoms with Gasteiger partial charge in [-0.15, -0.1) is 0 Å². The van der Waals surface area contributed by atoms with Gasteiger partial charge in [-0.3, -0.25) is 0 Å². The summed E-state index contributed by atoms with van der Waals surface area (Å²) < 4.78 is 0. The standard InChI is InChI=1S/C49H32N4/c1-5-17-33(18-6-1)34-29-31-36(32-30-34)47-51-46(35-19-7-2-8-20-35)52-48(53-47)45-43-39-25-13-15-27-41(39)49(37-21-9-3-10-22-37,38-23-11-4-12-24-38)44(43)40-26-14-16-28-42(40)50-45/h1-32H. The molecule has 0 N–H and O–H groups in total. The maximum absolute atomic E-state index is 5.44. The van der Waals surface area contributed by atoms with E-state index in [0.717, 1.165) is 50.0 Å². The Labute approximate surface area is 308 Å². The van der Waals surface area contributed by atoms with Crippen molar-refractivity contribution in [1.82, 2.24) is 19.9 Å². The summed E-state index contributed by atoms with van der Waals surface area (Å²) in [4.78, 5) is 21.0. The summed E-state index contributed by atoms with van der Waals surface area (Å²) in [7, 11) is 0. The van der Waals surface area contributed by atoms with Gasteiger partial charge in [0.2, 0.25) is 0 Å². The van der Waals surface area contributed by atoms with Crippen molar-refractivity contribution in [2.75, 3.05) is 0 Å². The molecule has 0 aliphatic heterocycles. The van der Waals surface area contributed by atoms with E-state index >= 15 is 0 Å². The third kappa shape index (κ3) is 4.99. The molecule has 0 unspecified atom stereocenters. The van der Waals surface area contributed by atoms with Crippen molar-refractivity contribution >= 4 is 10.9 Å². The minimum Gasteiger partial charge on any atom is -0.244 e. The minimum atomic E-state index is -0.614. The number of para-hydroxylation sites is 1. The van der Waals surface area contributed by atoms with Crippen LogP contribution in [0.4, 0.5) is 0 Å². The molecule has 0 bridgehead atoms. The van der Waals surface area contributed by atoms with E-state index in [4.69, 9.17) is 19.9 Å². The second-order valence-corrected chi connectivity index (χ2v) is 13.4. The lowest BCUT2D eigenvalue weighted by atomic mass is 9.67. The van der Waals surface area contributed by atoms with E-state index in [1.807, 2.05) is 36.4 Å². The molecule has 2 heterocycles. The molecular formula is C49H32N4. The number of hydrogen-bond donors (Lipinski definition) is 0. The molecule has 4 heteroatoms. The van der Waals surface area contributed by atoms with Gasteiger partial charge in [-0.25, -0.2) is 19.9 Å². The molecule has 53 heavy (non-hydrogen) atoms. The van der Waals surface area contributed by atoms with Gasteiger partial charge in [-0.05, 0) is 45.0 Å². The summed E-state index contributed by atoms with van der Waals surface area (Å²) >= 11 is 0. The number of nitrogens with zero attached hydrogens (tertiary/aromatic N) is 4. The molecule has 9 aromatic rings. The first-order valence-electron chi connectivity index (χ1n) is 17.9. The van der Waals surface area contributed by atoms with Gasteiger partial charge in [0.25, 0.3) is 0 Å². The van der Waals surface area contributed by atoms with Crippen LogP contribution in [-0.2, 0) is 5.41 Å². The largest absolute Gasteiger partial charge is 0.244 e. The highest BCUT2D eigenvalue weighted by Crippen LogP contribution is 2.59. The number of aromatic nitrogens is 4. The second-order valence-electron chi connectivity index (χ2n) is 13.4. The van der Waals surface area contributed by atoms with E-state index < -0.39 is 5.41 Å². The lowest BCUT2D eigenvalue weighted by molar-refractivity contribution is 0.775. The fourth-order valence-electron chi connectivity index (χ4n) is 8.10. The van der Waals surface area contributed by atoms with Gasteiger partial charge in [0, 0.05) is 22.1 Å². The third-order valence-electron chi connectivity index (χ3n) is 10.4. The Hall–Kier alpha value is -7.04. The average Bonchev–Trinajstić information content (AvgIpc) is 3.57. The Balaban J connectivity index is 1.29. The van der Waals surface area contributed by atoms with Crippen molar-refractivity contribution < 1.29 is 0 Å². The summed E-state index contributed by atoms with van der Waals surface area (Å²) in [5, 5.41) is 1.10. The van der Waals surface area contributed by atoms with E-state index in [1.54, 1.807) is 0 Å². The van der Waals surface area contributed by atoms with Crippen LogP contribution in [0.1, 0.15) is 22.3 Å². The van der Waals surface area contributed by atoms with Crippen molar-refractivity contribution in [3.63, 3.8) is 0 Å². The predicted molar refractivity (Wildman–Crippen MR) is 214 cm³/mol. The summed E-state index contributed by atoms with van der Waals surface area (Å²) in [5.74, 6) is 1.74. The molecule has 248 valence electrons. The Morgan fingerprint density at radius 2 is 0.792 bits per heavy atom. The molecule has 0 spiro atoms. The fourth-order valence-corrected chi connectivity index (χ4v) is 8.10. The van der Waals surface area contributed by atoms with Crippen LogP contribution < -0.4 is 0 Å². The highest BCUT2D eigenvalue weighted by molar-refractivity contribution is 6.03. The van der Waals surface area contributed by atoms with Crippen LogP contribution in [0.2, 0.25) is 0 Å². The maximum atomic E-state index is 5.44. The van der Waals surface area contributed by atoms with E-state index in [0.29, 0.717) is 17.5 Å². The molecule has 0 radical (unpaired) electrons. The smallest absolute Gasteiger partial charge is 0.183 e. The van der Waals surface area contributed by atoms with Gasteiger partial charge in [0.15, 0.2) is 17.5 Å². The molecular weight excluding hydrogens is 645 g/mol. The number of rotatable bonds is 6. The van der Waals surface area contributed by atoms with Gasteiger partial charge in [-0.2, -0.15) is 0 Å². The Kier molecular flexibility index (Phi) is 7.33. The van der Waals surface area contributed by atoms with Crippen molar-refractivity contribution in [2.45, 2.75) is 5.41 Å². The first-order valence-corrected chi connectivity index (χ1v) is 17.9. The minimum absolute atomic E-state index is 0.537. The van der Waals surface area contributed by atoms with Crippen LogP contribution in [0.25, 0.3) is 67.5 Å². The fraction of sp³-hybridized carbons (Fsp3) is 0.0204. The first kappa shape index (κ1) is 30.8. The zero-order valence-corrected chi connectivity index (χ0v) is 28.8. The summed E-state index contributed by atoms with van der Waals surface area (Å²) in [5.41, 5.74) is 12.1. The molecule has 0 amide bonds. The average molecular weight is 677 g/mol. The number of hydrogen-bond acceptors (Lipinski definition) is 4. The second kappa shape index (κ2) is 12.6. The highest BCUT2D eigenvalue weighted by atomic mass is 15.0. The SMILES string of the molecule is c1ccc(-c2ccc(-c3nc(-c4ccccc4)nc(-c4nc5ccccc5c5c4-c4ccccc4C5(c4ccccc4)c4ccccc4)n3)cc2)cc1. The normalized spacial score (nSPS) is 12.7. The van der Waals surface area contributed by atoms with E-state index in [1.165, 1.54) is 22.3 Å². The van der Waals surface area contributed by atoms with Crippen molar-refractivity contribution in [3.8, 4) is 56.5 Å². The lowest BCUT2D eigenvalue weighted by Crippen LogP contribution is -2.29. The van der Waals surface area contributed by atoms with Crippen molar-refractivity contribution in [2.24, 2.45) is 0 Å². The monoisotopic (exact) mass is 676 g/mol. The van der Waals surface area contributed by atoms with Crippen LogP contribution in [-0.4, -0.2) is 19.9 Å². The lowest BCUT2D eigenvalue weighted by Gasteiger charge is -2.34. The van der Waals surface area contributed by atoms with Crippen molar-refractivity contribution in [1.29, 1.82) is 0 Å². The summed E-state index contributed by atoms with van der Waals surface area (Å²) in [6.45, 7) is 0. The number of benzene rings is 7. The zero-order valence-electron chi connectivity index (χ0n) is 28.8. The van der Waals surface area contributed by atoms with Gasteiger partial charge in [0.1, 0.15) is 5.69 Å². The van der Waals surface area contributed by atoms with Crippen LogP contribution in [0.15, 0.2) is 194 Å². The highest BCUT2D eigenvalue weighted by Gasteiger charge is 2.48. The molecule has 1 aliphatic carbocycles. The van der Waals surface area contributed by atoms with E-state index in [9.17, 15) is 0 Å². The topological polar surface area (TPSA) is 51.6 Å². The Morgan fingerprint density at radius 1 is 0.340 bits per heavy atom. The van der Waals surface area contributed by atoms with Gasteiger partial charge < -0.3 is 0 Å².